The molecule has 0 radical (unpaired) electrons. The Morgan fingerprint density at radius 3 is 2.44 bits per heavy atom. The molecule has 4 nitrogen and oxygen atoms in total. The summed E-state index contributed by atoms with van der Waals surface area (Å²) in [6.07, 6.45) is 1.95. The lowest BCUT2D eigenvalue weighted by Crippen LogP contribution is -2.57. The molecule has 27 heavy (non-hydrogen) atoms. The first-order valence-corrected chi connectivity index (χ1v) is 9.50. The molecular formula is C23H28N2O2. The third-order valence-corrected chi connectivity index (χ3v) is 5.46. The Hall–Kier alpha value is -2.43. The van der Waals surface area contributed by atoms with Gasteiger partial charge in [0.25, 0.3) is 0 Å². The van der Waals surface area contributed by atoms with Crippen molar-refractivity contribution in [3.63, 3.8) is 0 Å². The molecule has 1 heterocycles. The van der Waals surface area contributed by atoms with E-state index in [-0.39, 0.29) is 6.04 Å². The standard InChI is InChI=1S/C23H28N2O2/c1-4-14-24-15-18(3)25(16-17(24)2)22(19-10-6-5-7-11-19)20-12-8-9-13-21(20)23(26)27/h4-13,17-18,22H,1,14-16H2,2-3H3,(H,26,27)/t17-,18+,22+/m1/s1. The van der Waals surface area contributed by atoms with E-state index >= 15 is 0 Å². The van der Waals surface area contributed by atoms with Crippen molar-refractivity contribution in [1.29, 1.82) is 0 Å². The lowest BCUT2D eigenvalue weighted by atomic mass is 9.90. The van der Waals surface area contributed by atoms with Crippen LogP contribution >= 0.6 is 0 Å². The fourth-order valence-corrected chi connectivity index (χ4v) is 4.12. The highest BCUT2D eigenvalue weighted by atomic mass is 16.4. The highest BCUT2D eigenvalue weighted by molar-refractivity contribution is 5.89. The van der Waals surface area contributed by atoms with Gasteiger partial charge in [0.15, 0.2) is 0 Å². The maximum Gasteiger partial charge on any atom is 0.336 e. The monoisotopic (exact) mass is 364 g/mol. The van der Waals surface area contributed by atoms with Gasteiger partial charge in [-0.2, -0.15) is 0 Å². The van der Waals surface area contributed by atoms with Crippen LogP contribution in [0.15, 0.2) is 67.3 Å². The summed E-state index contributed by atoms with van der Waals surface area (Å²) in [5, 5.41) is 9.75. The smallest absolute Gasteiger partial charge is 0.336 e. The Morgan fingerprint density at radius 2 is 1.78 bits per heavy atom. The van der Waals surface area contributed by atoms with Crippen LogP contribution in [0.25, 0.3) is 0 Å². The first-order chi connectivity index (χ1) is 13.0. The van der Waals surface area contributed by atoms with E-state index in [1.54, 1.807) is 12.1 Å². The van der Waals surface area contributed by atoms with E-state index in [4.69, 9.17) is 0 Å². The van der Waals surface area contributed by atoms with Crippen LogP contribution in [0.3, 0.4) is 0 Å². The average molecular weight is 364 g/mol. The van der Waals surface area contributed by atoms with Crippen LogP contribution in [0.5, 0.6) is 0 Å². The molecule has 0 bridgehead atoms. The highest BCUT2D eigenvalue weighted by Crippen LogP contribution is 2.34. The molecule has 1 N–H and O–H groups in total. The van der Waals surface area contributed by atoms with E-state index in [1.165, 1.54) is 0 Å². The van der Waals surface area contributed by atoms with Crippen molar-refractivity contribution in [2.75, 3.05) is 19.6 Å². The molecule has 0 amide bonds. The van der Waals surface area contributed by atoms with Gasteiger partial charge in [-0.1, -0.05) is 54.6 Å². The van der Waals surface area contributed by atoms with E-state index in [2.05, 4.69) is 42.4 Å². The molecule has 0 aromatic heterocycles. The Kier molecular flexibility index (Phi) is 6.09. The topological polar surface area (TPSA) is 43.8 Å². The van der Waals surface area contributed by atoms with E-state index < -0.39 is 5.97 Å². The second-order valence-corrected chi connectivity index (χ2v) is 7.34. The first-order valence-electron chi connectivity index (χ1n) is 9.50. The molecule has 2 aromatic rings. The second kappa shape index (κ2) is 8.51. The average Bonchev–Trinajstić information content (AvgIpc) is 2.67. The van der Waals surface area contributed by atoms with Crippen molar-refractivity contribution in [2.45, 2.75) is 32.0 Å². The Labute approximate surface area is 161 Å². The predicted octanol–water partition coefficient (Wildman–Crippen LogP) is 4.05. The van der Waals surface area contributed by atoms with Gasteiger partial charge in [-0.25, -0.2) is 4.79 Å². The number of rotatable bonds is 6. The van der Waals surface area contributed by atoms with Crippen LogP contribution in [0.4, 0.5) is 0 Å². The van der Waals surface area contributed by atoms with Crippen molar-refractivity contribution in [3.8, 4) is 0 Å². The molecule has 3 rings (SSSR count). The first kappa shape index (κ1) is 19.3. The van der Waals surface area contributed by atoms with E-state index in [0.717, 1.165) is 30.8 Å². The molecule has 4 heteroatoms. The largest absolute Gasteiger partial charge is 0.478 e. The number of benzene rings is 2. The zero-order chi connectivity index (χ0) is 19.4. The summed E-state index contributed by atoms with van der Waals surface area (Å²) in [4.78, 5) is 16.8. The Bertz CT molecular complexity index is 790. The number of piperazine rings is 1. The summed E-state index contributed by atoms with van der Waals surface area (Å²) in [6.45, 7) is 11.0. The summed E-state index contributed by atoms with van der Waals surface area (Å²) in [7, 11) is 0. The number of carboxylic acid groups (broad SMARTS) is 1. The molecule has 2 aromatic carbocycles. The van der Waals surface area contributed by atoms with Crippen molar-refractivity contribution >= 4 is 5.97 Å². The lowest BCUT2D eigenvalue weighted by molar-refractivity contribution is 0.0301. The number of aromatic carboxylic acids is 1. The van der Waals surface area contributed by atoms with Gasteiger partial charge in [0.2, 0.25) is 0 Å². The SMILES string of the molecule is C=CCN1C[C@H](C)N([C@@H](c2ccccc2)c2ccccc2C(=O)O)C[C@H]1C. The normalized spacial score (nSPS) is 22.3. The second-order valence-electron chi connectivity index (χ2n) is 7.34. The van der Waals surface area contributed by atoms with Crippen LogP contribution in [0.2, 0.25) is 0 Å². The van der Waals surface area contributed by atoms with E-state index in [9.17, 15) is 9.90 Å². The van der Waals surface area contributed by atoms with Crippen molar-refractivity contribution < 1.29 is 9.90 Å². The van der Waals surface area contributed by atoms with Crippen molar-refractivity contribution in [3.05, 3.63) is 83.9 Å². The molecule has 142 valence electrons. The minimum atomic E-state index is -0.877. The number of hydrogen-bond donors (Lipinski definition) is 1. The fourth-order valence-electron chi connectivity index (χ4n) is 4.12. The van der Waals surface area contributed by atoms with E-state index in [0.29, 0.717) is 17.6 Å². The van der Waals surface area contributed by atoms with Gasteiger partial charge < -0.3 is 5.11 Å². The third kappa shape index (κ3) is 4.12. The number of hydrogen-bond acceptors (Lipinski definition) is 3. The number of carbonyl (C=O) groups is 1. The lowest BCUT2D eigenvalue weighted by Gasteiger charge is -2.47. The minimum absolute atomic E-state index is 0.0816. The molecular weight excluding hydrogens is 336 g/mol. The summed E-state index contributed by atoms with van der Waals surface area (Å²) in [6, 6.07) is 18.2. The van der Waals surface area contributed by atoms with Crippen LogP contribution < -0.4 is 0 Å². The molecule has 1 aliphatic heterocycles. The molecule has 3 atom stereocenters. The molecule has 1 aliphatic rings. The molecule has 0 aliphatic carbocycles. The molecule has 1 saturated heterocycles. The maximum atomic E-state index is 11.9. The maximum absolute atomic E-state index is 11.9. The zero-order valence-electron chi connectivity index (χ0n) is 16.1. The quantitative estimate of drug-likeness (QED) is 0.785. The molecule has 0 saturated carbocycles. The van der Waals surface area contributed by atoms with Gasteiger partial charge in [-0.15, -0.1) is 6.58 Å². The Balaban J connectivity index is 2.05. The summed E-state index contributed by atoms with van der Waals surface area (Å²) in [5.74, 6) is -0.877. The number of nitrogens with zero attached hydrogens (tertiary/aromatic N) is 2. The minimum Gasteiger partial charge on any atom is -0.478 e. The van der Waals surface area contributed by atoms with Gasteiger partial charge in [0, 0.05) is 31.7 Å². The Morgan fingerprint density at radius 1 is 1.11 bits per heavy atom. The van der Waals surface area contributed by atoms with E-state index in [1.807, 2.05) is 36.4 Å². The van der Waals surface area contributed by atoms with Crippen molar-refractivity contribution in [2.24, 2.45) is 0 Å². The number of carboxylic acids is 1. The highest BCUT2D eigenvalue weighted by Gasteiger charge is 2.35. The zero-order valence-corrected chi connectivity index (χ0v) is 16.1. The summed E-state index contributed by atoms with van der Waals surface area (Å²) in [5.41, 5.74) is 2.36. The van der Waals surface area contributed by atoms with Crippen LogP contribution in [-0.4, -0.2) is 52.6 Å². The summed E-state index contributed by atoms with van der Waals surface area (Å²) < 4.78 is 0. The summed E-state index contributed by atoms with van der Waals surface area (Å²) >= 11 is 0. The van der Waals surface area contributed by atoms with Crippen LogP contribution in [-0.2, 0) is 0 Å². The van der Waals surface area contributed by atoms with Gasteiger partial charge in [-0.3, -0.25) is 9.80 Å². The molecule has 0 spiro atoms. The molecule has 0 unspecified atom stereocenters. The third-order valence-electron chi connectivity index (χ3n) is 5.46. The van der Waals surface area contributed by atoms with Crippen molar-refractivity contribution in [1.82, 2.24) is 9.80 Å². The van der Waals surface area contributed by atoms with Gasteiger partial charge in [0.1, 0.15) is 0 Å². The van der Waals surface area contributed by atoms with Gasteiger partial charge in [-0.05, 0) is 31.0 Å². The fraction of sp³-hybridized carbons (Fsp3) is 0.348. The van der Waals surface area contributed by atoms with Crippen LogP contribution in [0.1, 0.15) is 41.4 Å². The van der Waals surface area contributed by atoms with Crippen LogP contribution in [0, 0.1) is 0 Å². The molecule has 1 fully saturated rings. The predicted molar refractivity (Wildman–Crippen MR) is 109 cm³/mol. The van der Waals surface area contributed by atoms with Gasteiger partial charge in [0.05, 0.1) is 11.6 Å². The van der Waals surface area contributed by atoms with Gasteiger partial charge >= 0.3 is 5.97 Å².